The molecule has 0 heterocycles. The minimum atomic E-state index is -0.438. The second kappa shape index (κ2) is 16.2. The van der Waals surface area contributed by atoms with E-state index in [9.17, 15) is 4.79 Å². The molecule has 3 saturated carbocycles. The molecule has 0 aromatic heterocycles. The van der Waals surface area contributed by atoms with E-state index in [1.54, 1.807) is 5.57 Å². The van der Waals surface area contributed by atoms with Crippen LogP contribution in [0.4, 0.5) is 4.79 Å². The molecule has 0 spiro atoms. The number of hydrogen-bond acceptors (Lipinski definition) is 3. The average Bonchev–Trinajstić information content (AvgIpc) is 3.30. The Morgan fingerprint density at radius 1 is 0.780 bits per heavy atom. The van der Waals surface area contributed by atoms with Crippen LogP contribution in [0.1, 0.15) is 175 Å². The summed E-state index contributed by atoms with van der Waals surface area (Å²) in [5, 5.41) is 0. The Morgan fingerprint density at radius 3 is 2.15 bits per heavy atom. The van der Waals surface area contributed by atoms with Gasteiger partial charge in [0.2, 0.25) is 0 Å². The summed E-state index contributed by atoms with van der Waals surface area (Å²) < 4.78 is 11.3. The molecular formula is C38H66O3. The Bertz CT molecular complexity index is 818. The van der Waals surface area contributed by atoms with Crippen molar-refractivity contribution < 1.29 is 14.3 Å². The zero-order valence-electron chi connectivity index (χ0n) is 27.7. The summed E-state index contributed by atoms with van der Waals surface area (Å²) in [6.45, 7) is 10.3. The van der Waals surface area contributed by atoms with Crippen LogP contribution >= 0.6 is 0 Å². The van der Waals surface area contributed by atoms with Crippen LogP contribution in [0.5, 0.6) is 0 Å². The summed E-state index contributed by atoms with van der Waals surface area (Å²) in [6, 6.07) is 0. The highest BCUT2D eigenvalue weighted by atomic mass is 16.7. The van der Waals surface area contributed by atoms with E-state index in [2.05, 4.69) is 33.8 Å². The van der Waals surface area contributed by atoms with Crippen molar-refractivity contribution >= 4 is 6.16 Å². The fourth-order valence-electron chi connectivity index (χ4n) is 10.0. The Balaban J connectivity index is 1.20. The van der Waals surface area contributed by atoms with Crippen LogP contribution in [0.15, 0.2) is 11.6 Å². The zero-order chi connectivity index (χ0) is 29.1. The van der Waals surface area contributed by atoms with Gasteiger partial charge in [0.05, 0.1) is 6.61 Å². The summed E-state index contributed by atoms with van der Waals surface area (Å²) in [5.74, 6) is 3.56. The molecule has 4 aliphatic carbocycles. The maximum absolute atomic E-state index is 12.5. The third-order valence-corrected chi connectivity index (χ3v) is 12.6. The molecule has 3 fully saturated rings. The van der Waals surface area contributed by atoms with Crippen molar-refractivity contribution in [3.8, 4) is 0 Å². The molecule has 4 unspecified atom stereocenters. The second-order valence-electron chi connectivity index (χ2n) is 15.2. The highest BCUT2D eigenvalue weighted by Crippen LogP contribution is 2.66. The molecule has 0 aromatic rings. The summed E-state index contributed by atoms with van der Waals surface area (Å²) >= 11 is 0. The number of fused-ring (bicyclic) bond motifs is 5. The molecule has 7 atom stereocenters. The van der Waals surface area contributed by atoms with Crippen molar-refractivity contribution in [1.82, 2.24) is 0 Å². The summed E-state index contributed by atoms with van der Waals surface area (Å²) in [7, 11) is 0. The number of allylic oxidation sites excluding steroid dienone is 1. The molecule has 3 heteroatoms. The van der Waals surface area contributed by atoms with Gasteiger partial charge in [-0.15, -0.1) is 0 Å². The molecule has 3 nitrogen and oxygen atoms in total. The fourth-order valence-corrected chi connectivity index (χ4v) is 10.0. The lowest BCUT2D eigenvalue weighted by Gasteiger charge is -2.58. The maximum atomic E-state index is 12.5. The number of rotatable bonds is 17. The minimum absolute atomic E-state index is 0.000940. The summed E-state index contributed by atoms with van der Waals surface area (Å²) in [4.78, 5) is 12.5. The molecule has 0 N–H and O–H groups in total. The van der Waals surface area contributed by atoms with Gasteiger partial charge < -0.3 is 9.47 Å². The highest BCUT2D eigenvalue weighted by Gasteiger charge is 2.58. The van der Waals surface area contributed by atoms with Crippen molar-refractivity contribution in [2.24, 2.45) is 34.5 Å². The molecule has 0 bridgehead atoms. The lowest BCUT2D eigenvalue weighted by Crippen LogP contribution is -2.50. The first kappa shape index (κ1) is 32.9. The lowest BCUT2D eigenvalue weighted by molar-refractivity contribution is -0.0563. The van der Waals surface area contributed by atoms with Gasteiger partial charge in [-0.3, -0.25) is 0 Å². The molecule has 0 aliphatic heterocycles. The van der Waals surface area contributed by atoms with Crippen molar-refractivity contribution in [1.29, 1.82) is 0 Å². The van der Waals surface area contributed by atoms with Crippen LogP contribution in [0, 0.1) is 34.5 Å². The van der Waals surface area contributed by atoms with Gasteiger partial charge in [0.25, 0.3) is 0 Å². The van der Waals surface area contributed by atoms with Gasteiger partial charge in [-0.2, -0.15) is 0 Å². The Morgan fingerprint density at radius 2 is 1.44 bits per heavy atom. The van der Waals surface area contributed by atoms with Crippen molar-refractivity contribution in [3.05, 3.63) is 11.6 Å². The van der Waals surface area contributed by atoms with Gasteiger partial charge >= 0.3 is 6.16 Å². The molecule has 41 heavy (non-hydrogen) atoms. The van der Waals surface area contributed by atoms with E-state index in [-0.39, 0.29) is 6.10 Å². The summed E-state index contributed by atoms with van der Waals surface area (Å²) in [6.07, 6.45) is 32.3. The first-order valence-electron chi connectivity index (χ1n) is 18.4. The predicted molar refractivity (Wildman–Crippen MR) is 172 cm³/mol. The van der Waals surface area contributed by atoms with Crippen molar-refractivity contribution in [2.75, 3.05) is 6.61 Å². The van der Waals surface area contributed by atoms with E-state index >= 15 is 0 Å². The Kier molecular flexibility index (Phi) is 13.0. The van der Waals surface area contributed by atoms with Crippen LogP contribution < -0.4 is 0 Å². The number of carbonyl (C=O) groups is 1. The highest BCUT2D eigenvalue weighted by molar-refractivity contribution is 5.60. The Hall–Kier alpha value is -0.990. The standard InChI is InChI=1S/C38H66O3/c1-5-7-9-11-13-14-16-18-28-40-36(39)41-32-24-26-38(4)31(29-32)20-22-33-34-23-21-30(19-17-15-12-10-8-6-2)37(34,3)27-25-35(33)38/h20,30,32-35H,5-19,21-29H2,1-4H3/t30?,32-,33?,34?,35?,37+,38-/m0/s1. The molecule has 0 aromatic carbocycles. The topological polar surface area (TPSA) is 35.5 Å². The quantitative estimate of drug-likeness (QED) is 0.0991. The van der Waals surface area contributed by atoms with Crippen LogP contribution in [-0.2, 0) is 9.47 Å². The molecule has 0 amide bonds. The van der Waals surface area contributed by atoms with E-state index in [1.165, 1.54) is 122 Å². The average molecular weight is 571 g/mol. The third kappa shape index (κ3) is 8.35. The smallest absolute Gasteiger partial charge is 0.434 e. The van der Waals surface area contributed by atoms with Gasteiger partial charge in [-0.25, -0.2) is 4.79 Å². The number of carbonyl (C=O) groups excluding carboxylic acids is 1. The van der Waals surface area contributed by atoms with Crippen LogP contribution in [0.3, 0.4) is 0 Å². The van der Waals surface area contributed by atoms with Gasteiger partial charge in [0.1, 0.15) is 6.10 Å². The number of hydrogen-bond donors (Lipinski definition) is 0. The van der Waals surface area contributed by atoms with Gasteiger partial charge in [0, 0.05) is 6.42 Å². The van der Waals surface area contributed by atoms with Gasteiger partial charge in [-0.1, -0.05) is 123 Å². The minimum Gasteiger partial charge on any atom is -0.434 e. The third-order valence-electron chi connectivity index (χ3n) is 12.6. The molecule has 0 radical (unpaired) electrons. The largest absolute Gasteiger partial charge is 0.508 e. The van der Waals surface area contributed by atoms with Crippen molar-refractivity contribution in [3.63, 3.8) is 0 Å². The number of ether oxygens (including phenoxy) is 2. The van der Waals surface area contributed by atoms with Crippen molar-refractivity contribution in [2.45, 2.75) is 181 Å². The molecule has 4 rings (SSSR count). The van der Waals surface area contributed by atoms with E-state index in [1.807, 2.05) is 0 Å². The molecular weight excluding hydrogens is 504 g/mol. The van der Waals surface area contributed by atoms with Gasteiger partial charge in [0.15, 0.2) is 0 Å². The van der Waals surface area contributed by atoms with Crippen LogP contribution in [0.25, 0.3) is 0 Å². The first-order chi connectivity index (χ1) is 19.9. The van der Waals surface area contributed by atoms with E-state index in [4.69, 9.17) is 9.47 Å². The molecule has 4 aliphatic rings. The lowest BCUT2D eigenvalue weighted by atomic mass is 9.47. The molecule has 0 saturated heterocycles. The predicted octanol–water partition coefficient (Wildman–Crippen LogP) is 12.0. The number of unbranched alkanes of at least 4 members (excludes halogenated alkanes) is 12. The van der Waals surface area contributed by atoms with E-state index < -0.39 is 6.16 Å². The zero-order valence-corrected chi connectivity index (χ0v) is 27.7. The monoisotopic (exact) mass is 571 g/mol. The van der Waals surface area contributed by atoms with Crippen LogP contribution in [0.2, 0.25) is 0 Å². The van der Waals surface area contributed by atoms with E-state index in [0.29, 0.717) is 17.4 Å². The van der Waals surface area contributed by atoms with Crippen LogP contribution in [-0.4, -0.2) is 18.9 Å². The SMILES string of the molecule is CCCCCCCCCCOC(=O)O[C@H]1CC[C@@]2(C)C(=CCC3C4CCC(CCCCCCCC)[C@@]4(C)CCC32)C1. The summed E-state index contributed by atoms with van der Waals surface area (Å²) in [5.41, 5.74) is 2.48. The fraction of sp³-hybridized carbons (Fsp3) is 0.921. The second-order valence-corrected chi connectivity index (χ2v) is 15.2. The molecule has 236 valence electrons. The Labute approximate surface area is 254 Å². The normalized spacial score (nSPS) is 34.3. The van der Waals surface area contributed by atoms with Gasteiger partial charge in [-0.05, 0) is 92.3 Å². The van der Waals surface area contributed by atoms with E-state index in [0.717, 1.165) is 49.4 Å². The first-order valence-corrected chi connectivity index (χ1v) is 18.4. The maximum Gasteiger partial charge on any atom is 0.508 e.